The summed E-state index contributed by atoms with van der Waals surface area (Å²) in [5.41, 5.74) is 3.43. The fraction of sp³-hybridized carbons (Fsp3) is 0.111. The lowest BCUT2D eigenvalue weighted by molar-refractivity contribution is 0.102. The van der Waals surface area contributed by atoms with Crippen molar-refractivity contribution in [3.8, 4) is 5.69 Å². The molecule has 110 valence electrons. The first-order chi connectivity index (χ1) is 10.8. The molecule has 4 nitrogen and oxygen atoms in total. The molecule has 0 bridgehead atoms. The Bertz CT molecular complexity index is 778. The van der Waals surface area contributed by atoms with Crippen molar-refractivity contribution in [1.29, 1.82) is 0 Å². The summed E-state index contributed by atoms with van der Waals surface area (Å²) in [6.45, 7) is 2.07. The van der Waals surface area contributed by atoms with E-state index in [0.29, 0.717) is 5.56 Å². The van der Waals surface area contributed by atoms with E-state index in [4.69, 9.17) is 0 Å². The van der Waals surface area contributed by atoms with Gasteiger partial charge in [0.05, 0.1) is 17.4 Å². The summed E-state index contributed by atoms with van der Waals surface area (Å²) >= 11 is 0. The minimum Gasteiger partial charge on any atom is -0.322 e. The maximum absolute atomic E-state index is 12.4. The second-order valence-corrected chi connectivity index (χ2v) is 4.97. The van der Waals surface area contributed by atoms with Crippen LogP contribution < -0.4 is 5.32 Å². The number of aromatic nitrogens is 2. The molecule has 1 amide bonds. The number of carbonyl (C=O) groups is 1. The number of hydrogen-bond acceptors (Lipinski definition) is 2. The van der Waals surface area contributed by atoms with Crippen LogP contribution in [0.3, 0.4) is 0 Å². The van der Waals surface area contributed by atoms with Crippen molar-refractivity contribution in [2.24, 2.45) is 0 Å². The van der Waals surface area contributed by atoms with Crippen molar-refractivity contribution in [2.45, 2.75) is 13.3 Å². The van der Waals surface area contributed by atoms with E-state index in [9.17, 15) is 4.79 Å². The van der Waals surface area contributed by atoms with E-state index in [0.717, 1.165) is 23.4 Å². The minimum absolute atomic E-state index is 0.150. The van der Waals surface area contributed by atoms with Crippen LogP contribution >= 0.6 is 0 Å². The lowest BCUT2D eigenvalue weighted by Crippen LogP contribution is -2.12. The van der Waals surface area contributed by atoms with Gasteiger partial charge in [0.1, 0.15) is 0 Å². The summed E-state index contributed by atoms with van der Waals surface area (Å²) < 4.78 is 1.70. The van der Waals surface area contributed by atoms with Gasteiger partial charge in [-0.15, -0.1) is 0 Å². The van der Waals surface area contributed by atoms with E-state index in [1.165, 1.54) is 0 Å². The molecule has 3 aromatic rings. The predicted octanol–water partition coefficient (Wildman–Crippen LogP) is 3.69. The van der Waals surface area contributed by atoms with Crippen LogP contribution in [0.15, 0.2) is 67.0 Å². The van der Waals surface area contributed by atoms with Gasteiger partial charge < -0.3 is 5.32 Å². The van der Waals surface area contributed by atoms with Crippen molar-refractivity contribution in [3.63, 3.8) is 0 Å². The molecule has 1 aromatic heterocycles. The van der Waals surface area contributed by atoms with Crippen LogP contribution in [0.25, 0.3) is 5.69 Å². The molecule has 0 spiro atoms. The molecule has 0 fully saturated rings. The first-order valence-corrected chi connectivity index (χ1v) is 7.27. The van der Waals surface area contributed by atoms with Gasteiger partial charge in [0.25, 0.3) is 5.91 Å². The van der Waals surface area contributed by atoms with E-state index in [-0.39, 0.29) is 5.91 Å². The van der Waals surface area contributed by atoms with E-state index in [1.54, 1.807) is 17.1 Å². The third-order valence-electron chi connectivity index (χ3n) is 3.51. The predicted molar refractivity (Wildman–Crippen MR) is 87.3 cm³/mol. The number of nitrogens with zero attached hydrogens (tertiary/aromatic N) is 2. The molecule has 3 rings (SSSR count). The third-order valence-corrected chi connectivity index (χ3v) is 3.51. The topological polar surface area (TPSA) is 46.9 Å². The quantitative estimate of drug-likeness (QED) is 0.797. The smallest absolute Gasteiger partial charge is 0.258 e. The average molecular weight is 291 g/mol. The summed E-state index contributed by atoms with van der Waals surface area (Å²) in [5.74, 6) is -0.150. The number of rotatable bonds is 4. The molecule has 0 unspecified atom stereocenters. The van der Waals surface area contributed by atoms with E-state index in [1.807, 2.05) is 54.6 Å². The lowest BCUT2D eigenvalue weighted by Gasteiger charge is -2.08. The molecule has 0 atom stereocenters. The highest BCUT2D eigenvalue weighted by Crippen LogP contribution is 2.17. The van der Waals surface area contributed by atoms with E-state index in [2.05, 4.69) is 17.3 Å². The number of carbonyl (C=O) groups excluding carboxylic acids is 1. The standard InChI is InChI=1S/C18H17N3O/c1-2-14-8-6-7-11-17(14)20-18(22)15-12-19-21(13-15)16-9-4-3-5-10-16/h3-13H,2H2,1H3,(H,20,22). The number of para-hydroxylation sites is 2. The highest BCUT2D eigenvalue weighted by molar-refractivity contribution is 6.04. The zero-order valence-corrected chi connectivity index (χ0v) is 12.4. The largest absolute Gasteiger partial charge is 0.322 e. The zero-order chi connectivity index (χ0) is 15.4. The van der Waals surface area contributed by atoms with Gasteiger partial charge in [-0.1, -0.05) is 43.3 Å². The second-order valence-electron chi connectivity index (χ2n) is 4.97. The Morgan fingerprint density at radius 3 is 2.59 bits per heavy atom. The average Bonchev–Trinajstić information content (AvgIpc) is 3.06. The summed E-state index contributed by atoms with van der Waals surface area (Å²) in [6.07, 6.45) is 4.19. The molecular formula is C18H17N3O. The Morgan fingerprint density at radius 2 is 1.82 bits per heavy atom. The molecule has 0 saturated carbocycles. The molecule has 0 saturated heterocycles. The molecule has 1 heterocycles. The molecule has 0 aliphatic heterocycles. The van der Waals surface area contributed by atoms with Crippen molar-refractivity contribution >= 4 is 11.6 Å². The fourth-order valence-electron chi connectivity index (χ4n) is 2.31. The number of amides is 1. The fourth-order valence-corrected chi connectivity index (χ4v) is 2.31. The van der Waals surface area contributed by atoms with Gasteiger partial charge in [-0.25, -0.2) is 4.68 Å². The molecule has 2 aromatic carbocycles. The van der Waals surface area contributed by atoms with Gasteiger partial charge in [-0.3, -0.25) is 4.79 Å². The highest BCUT2D eigenvalue weighted by Gasteiger charge is 2.11. The van der Waals surface area contributed by atoms with Crippen molar-refractivity contribution in [2.75, 3.05) is 5.32 Å². The minimum atomic E-state index is -0.150. The van der Waals surface area contributed by atoms with Crippen LogP contribution in [0, 0.1) is 0 Å². The molecular weight excluding hydrogens is 274 g/mol. The Balaban J connectivity index is 1.80. The number of nitrogens with one attached hydrogen (secondary N) is 1. The summed E-state index contributed by atoms with van der Waals surface area (Å²) in [7, 11) is 0. The number of anilines is 1. The van der Waals surface area contributed by atoms with Crippen molar-refractivity contribution in [1.82, 2.24) is 9.78 Å². The molecule has 0 aliphatic carbocycles. The summed E-state index contributed by atoms with van der Waals surface area (Å²) in [5, 5.41) is 7.20. The van der Waals surface area contributed by atoms with Gasteiger partial charge in [-0.05, 0) is 30.2 Å². The molecule has 0 radical (unpaired) electrons. The van der Waals surface area contributed by atoms with Gasteiger partial charge >= 0.3 is 0 Å². The Labute approximate surface area is 129 Å². The van der Waals surface area contributed by atoms with Crippen molar-refractivity contribution < 1.29 is 4.79 Å². The maximum Gasteiger partial charge on any atom is 0.258 e. The molecule has 22 heavy (non-hydrogen) atoms. The summed E-state index contributed by atoms with van der Waals surface area (Å²) in [6, 6.07) is 17.5. The van der Waals surface area contributed by atoms with Crippen LogP contribution in [0.4, 0.5) is 5.69 Å². The Morgan fingerprint density at radius 1 is 1.09 bits per heavy atom. The van der Waals surface area contributed by atoms with Crippen LogP contribution in [0.5, 0.6) is 0 Å². The third kappa shape index (κ3) is 2.91. The van der Waals surface area contributed by atoms with Crippen LogP contribution in [0.1, 0.15) is 22.8 Å². The van der Waals surface area contributed by atoms with Gasteiger partial charge in [0.2, 0.25) is 0 Å². The lowest BCUT2D eigenvalue weighted by atomic mass is 10.1. The SMILES string of the molecule is CCc1ccccc1NC(=O)c1cnn(-c2ccccc2)c1. The molecule has 0 aliphatic rings. The van der Waals surface area contributed by atoms with Crippen LogP contribution in [0.2, 0.25) is 0 Å². The van der Waals surface area contributed by atoms with E-state index >= 15 is 0 Å². The van der Waals surface area contributed by atoms with E-state index < -0.39 is 0 Å². The maximum atomic E-state index is 12.4. The molecule has 1 N–H and O–H groups in total. The highest BCUT2D eigenvalue weighted by atomic mass is 16.1. The number of aryl methyl sites for hydroxylation is 1. The Kier molecular flexibility index (Phi) is 4.01. The summed E-state index contributed by atoms with van der Waals surface area (Å²) in [4.78, 5) is 12.4. The van der Waals surface area contributed by atoms with Crippen LogP contribution in [-0.2, 0) is 6.42 Å². The molecule has 4 heteroatoms. The van der Waals surface area contributed by atoms with Gasteiger partial charge in [0, 0.05) is 11.9 Å². The Hall–Kier alpha value is -2.88. The normalized spacial score (nSPS) is 10.4. The van der Waals surface area contributed by atoms with Crippen LogP contribution in [-0.4, -0.2) is 15.7 Å². The monoisotopic (exact) mass is 291 g/mol. The van der Waals surface area contributed by atoms with Crippen molar-refractivity contribution in [3.05, 3.63) is 78.1 Å². The number of benzene rings is 2. The number of hydrogen-bond donors (Lipinski definition) is 1. The zero-order valence-electron chi connectivity index (χ0n) is 12.4. The van der Waals surface area contributed by atoms with Gasteiger partial charge in [0.15, 0.2) is 0 Å². The second kappa shape index (κ2) is 6.26. The first-order valence-electron chi connectivity index (χ1n) is 7.27. The first kappa shape index (κ1) is 14.1. The van der Waals surface area contributed by atoms with Gasteiger partial charge in [-0.2, -0.15) is 5.10 Å².